The van der Waals surface area contributed by atoms with Crippen molar-refractivity contribution in [2.45, 2.75) is 19.6 Å². The van der Waals surface area contributed by atoms with Crippen molar-refractivity contribution in [1.82, 2.24) is 5.32 Å². The first-order valence-corrected chi connectivity index (χ1v) is 4.41. The van der Waals surface area contributed by atoms with Crippen molar-refractivity contribution in [2.75, 3.05) is 0 Å². The average molecular weight is 235 g/mol. The van der Waals surface area contributed by atoms with E-state index in [4.69, 9.17) is 0 Å². The molecule has 0 aliphatic rings. The van der Waals surface area contributed by atoms with Crippen LogP contribution in [0.25, 0.3) is 0 Å². The van der Waals surface area contributed by atoms with Gasteiger partial charge in [0, 0.05) is 13.5 Å². The highest BCUT2D eigenvalue weighted by atomic mass is 19.4. The summed E-state index contributed by atoms with van der Waals surface area (Å²) < 4.78 is 50.2. The maximum Gasteiger partial charge on any atom is 0.416 e. The van der Waals surface area contributed by atoms with Gasteiger partial charge in [0.25, 0.3) is 0 Å². The number of amides is 1. The summed E-state index contributed by atoms with van der Waals surface area (Å²) in [7, 11) is 0. The van der Waals surface area contributed by atoms with E-state index in [1.807, 2.05) is 0 Å². The van der Waals surface area contributed by atoms with Gasteiger partial charge in [0.15, 0.2) is 0 Å². The first kappa shape index (κ1) is 12.5. The lowest BCUT2D eigenvalue weighted by Crippen LogP contribution is -2.21. The summed E-state index contributed by atoms with van der Waals surface area (Å²) in [6.07, 6.45) is -4.55. The summed E-state index contributed by atoms with van der Waals surface area (Å²) >= 11 is 0. The van der Waals surface area contributed by atoms with Crippen LogP contribution in [0.1, 0.15) is 18.1 Å². The third-order valence-corrected chi connectivity index (χ3v) is 1.90. The Morgan fingerprint density at radius 1 is 1.38 bits per heavy atom. The van der Waals surface area contributed by atoms with Crippen LogP contribution in [0.4, 0.5) is 17.6 Å². The topological polar surface area (TPSA) is 29.1 Å². The van der Waals surface area contributed by atoms with E-state index in [0.29, 0.717) is 6.07 Å². The molecule has 0 radical (unpaired) electrons. The molecular formula is C10H9F4NO. The zero-order valence-electron chi connectivity index (χ0n) is 8.36. The number of hydrogen-bond donors (Lipinski definition) is 1. The molecule has 1 rings (SSSR count). The lowest BCUT2D eigenvalue weighted by molar-refractivity contribution is -0.138. The summed E-state index contributed by atoms with van der Waals surface area (Å²) in [6, 6.07) is 2.16. The number of halogens is 4. The second kappa shape index (κ2) is 4.51. The van der Waals surface area contributed by atoms with Crippen molar-refractivity contribution in [3.05, 3.63) is 35.1 Å². The molecule has 0 aromatic heterocycles. The standard InChI is InChI=1S/C10H9F4NO/c1-6(16)15-5-7-4-8(11)2-3-9(7)10(12,13)14/h2-4H,5H2,1H3,(H,15,16). The number of alkyl halides is 3. The quantitative estimate of drug-likeness (QED) is 0.784. The van der Waals surface area contributed by atoms with Gasteiger partial charge in [-0.3, -0.25) is 4.79 Å². The number of benzene rings is 1. The van der Waals surface area contributed by atoms with Gasteiger partial charge >= 0.3 is 6.18 Å². The number of carbonyl (C=O) groups is 1. The van der Waals surface area contributed by atoms with E-state index in [1.165, 1.54) is 6.92 Å². The van der Waals surface area contributed by atoms with Crippen molar-refractivity contribution in [3.8, 4) is 0 Å². The molecule has 1 amide bonds. The second-order valence-electron chi connectivity index (χ2n) is 3.21. The number of hydrogen-bond acceptors (Lipinski definition) is 1. The fourth-order valence-electron chi connectivity index (χ4n) is 1.20. The zero-order valence-corrected chi connectivity index (χ0v) is 8.36. The second-order valence-corrected chi connectivity index (χ2v) is 3.21. The first-order valence-electron chi connectivity index (χ1n) is 4.41. The molecule has 1 N–H and O–H groups in total. The minimum atomic E-state index is -4.55. The minimum absolute atomic E-state index is 0.289. The SMILES string of the molecule is CC(=O)NCc1cc(F)ccc1C(F)(F)F. The molecule has 88 valence electrons. The lowest BCUT2D eigenvalue weighted by atomic mass is 10.1. The van der Waals surface area contributed by atoms with Gasteiger partial charge in [-0.15, -0.1) is 0 Å². The van der Waals surface area contributed by atoms with Gasteiger partial charge in [0.05, 0.1) is 5.56 Å². The van der Waals surface area contributed by atoms with E-state index < -0.39 is 23.5 Å². The molecule has 16 heavy (non-hydrogen) atoms. The van der Waals surface area contributed by atoms with Crippen LogP contribution in [0.5, 0.6) is 0 Å². The van der Waals surface area contributed by atoms with E-state index in [2.05, 4.69) is 5.32 Å². The molecule has 1 aromatic rings. The molecule has 0 saturated carbocycles. The van der Waals surface area contributed by atoms with Crippen LogP contribution in [-0.2, 0) is 17.5 Å². The Labute approximate surface area is 89.3 Å². The fraction of sp³-hybridized carbons (Fsp3) is 0.300. The summed E-state index contributed by atoms with van der Waals surface area (Å²) in [6.45, 7) is 0.828. The van der Waals surface area contributed by atoms with Gasteiger partial charge in [-0.25, -0.2) is 4.39 Å². The Kier molecular flexibility index (Phi) is 3.51. The molecule has 0 unspecified atom stereocenters. The molecule has 1 aromatic carbocycles. The lowest BCUT2D eigenvalue weighted by Gasteiger charge is -2.12. The predicted octanol–water partition coefficient (Wildman–Crippen LogP) is 2.48. The van der Waals surface area contributed by atoms with E-state index in [-0.39, 0.29) is 12.1 Å². The highest BCUT2D eigenvalue weighted by Crippen LogP contribution is 2.32. The van der Waals surface area contributed by atoms with Gasteiger partial charge in [-0.05, 0) is 23.8 Å². The highest BCUT2D eigenvalue weighted by Gasteiger charge is 2.33. The average Bonchev–Trinajstić information content (AvgIpc) is 2.12. The van der Waals surface area contributed by atoms with E-state index >= 15 is 0 Å². The monoisotopic (exact) mass is 235 g/mol. The van der Waals surface area contributed by atoms with Gasteiger partial charge < -0.3 is 5.32 Å². The molecule has 0 atom stereocenters. The van der Waals surface area contributed by atoms with Crippen molar-refractivity contribution >= 4 is 5.91 Å². The maximum atomic E-state index is 12.8. The molecule has 0 aliphatic heterocycles. The van der Waals surface area contributed by atoms with Crippen LogP contribution in [-0.4, -0.2) is 5.91 Å². The Hall–Kier alpha value is -1.59. The summed E-state index contributed by atoms with van der Waals surface area (Å²) in [5.41, 5.74) is -1.23. The van der Waals surface area contributed by atoms with E-state index in [0.717, 1.165) is 12.1 Å². The maximum absolute atomic E-state index is 12.8. The van der Waals surface area contributed by atoms with Crippen LogP contribution in [0.2, 0.25) is 0 Å². The van der Waals surface area contributed by atoms with Crippen molar-refractivity contribution in [3.63, 3.8) is 0 Å². The van der Waals surface area contributed by atoms with Crippen molar-refractivity contribution in [1.29, 1.82) is 0 Å². The predicted molar refractivity (Wildman–Crippen MR) is 48.9 cm³/mol. The number of rotatable bonds is 2. The molecule has 0 heterocycles. The first-order chi connectivity index (χ1) is 7.30. The molecule has 2 nitrogen and oxygen atoms in total. The summed E-state index contributed by atoms with van der Waals surface area (Å²) in [5, 5.41) is 2.20. The minimum Gasteiger partial charge on any atom is -0.352 e. The Bertz CT molecular complexity index is 400. The fourth-order valence-corrected chi connectivity index (χ4v) is 1.20. The Morgan fingerprint density at radius 3 is 2.50 bits per heavy atom. The third kappa shape index (κ3) is 3.22. The molecule has 0 aliphatic carbocycles. The highest BCUT2D eigenvalue weighted by molar-refractivity contribution is 5.72. The number of carbonyl (C=O) groups excluding carboxylic acids is 1. The zero-order chi connectivity index (χ0) is 12.3. The third-order valence-electron chi connectivity index (χ3n) is 1.90. The van der Waals surface area contributed by atoms with Crippen LogP contribution in [0, 0.1) is 5.82 Å². The molecular weight excluding hydrogens is 226 g/mol. The number of nitrogens with one attached hydrogen (secondary N) is 1. The van der Waals surface area contributed by atoms with Gasteiger partial charge in [0.1, 0.15) is 5.82 Å². The van der Waals surface area contributed by atoms with Gasteiger partial charge in [-0.2, -0.15) is 13.2 Å². The molecule has 0 spiro atoms. The summed E-state index contributed by atoms with van der Waals surface area (Å²) in [4.78, 5) is 10.6. The van der Waals surface area contributed by atoms with E-state index in [9.17, 15) is 22.4 Å². The van der Waals surface area contributed by atoms with Gasteiger partial charge in [0.2, 0.25) is 5.91 Å². The van der Waals surface area contributed by atoms with Gasteiger partial charge in [-0.1, -0.05) is 0 Å². The largest absolute Gasteiger partial charge is 0.416 e. The van der Waals surface area contributed by atoms with Crippen LogP contribution < -0.4 is 5.32 Å². The van der Waals surface area contributed by atoms with Crippen LogP contribution in [0.15, 0.2) is 18.2 Å². The normalized spacial score (nSPS) is 11.3. The molecule has 0 fully saturated rings. The Morgan fingerprint density at radius 2 is 2.00 bits per heavy atom. The van der Waals surface area contributed by atoms with Crippen molar-refractivity contribution in [2.24, 2.45) is 0 Å². The van der Waals surface area contributed by atoms with Crippen LogP contribution >= 0.6 is 0 Å². The molecule has 6 heteroatoms. The molecule has 0 bridgehead atoms. The smallest absolute Gasteiger partial charge is 0.352 e. The van der Waals surface area contributed by atoms with Crippen molar-refractivity contribution < 1.29 is 22.4 Å². The Balaban J connectivity index is 3.04. The van der Waals surface area contributed by atoms with E-state index in [1.54, 1.807) is 0 Å². The molecule has 0 saturated heterocycles. The summed E-state index contributed by atoms with van der Waals surface area (Å²) in [5.74, 6) is -1.24. The van der Waals surface area contributed by atoms with Crippen LogP contribution in [0.3, 0.4) is 0 Å².